The van der Waals surface area contributed by atoms with Gasteiger partial charge < -0.3 is 9.80 Å². The molecule has 1 aliphatic heterocycles. The number of nitriles is 1. The molecular weight excluding hydrogens is 335 g/mol. The number of halogens is 1. The van der Waals surface area contributed by atoms with Crippen LogP contribution in [0.1, 0.15) is 16.8 Å². The Balaban J connectivity index is 1.70. The van der Waals surface area contributed by atoms with Crippen LogP contribution in [0.15, 0.2) is 30.3 Å². The van der Waals surface area contributed by atoms with Crippen molar-refractivity contribution in [2.75, 3.05) is 31.1 Å². The van der Waals surface area contributed by atoms with E-state index < -0.39 is 0 Å². The number of pyridine rings is 1. The van der Waals surface area contributed by atoms with E-state index in [2.05, 4.69) is 15.5 Å². The van der Waals surface area contributed by atoms with Gasteiger partial charge in [0.05, 0.1) is 31.7 Å². The normalized spacial score (nSPS) is 15.2. The van der Waals surface area contributed by atoms with Crippen LogP contribution < -0.4 is 9.80 Å². The van der Waals surface area contributed by atoms with Gasteiger partial charge in [-0.15, -0.1) is 0 Å². The van der Waals surface area contributed by atoms with Gasteiger partial charge in [0.25, 0.3) is 0 Å². The highest BCUT2D eigenvalue weighted by atomic mass is 32.1. The molecule has 1 N–H and O–H groups in total. The van der Waals surface area contributed by atoms with E-state index in [1.165, 1.54) is 17.0 Å². The molecule has 0 aliphatic carbocycles. The number of anilines is 1. The topological polar surface area (TPSA) is 36.4 Å². The lowest BCUT2D eigenvalue weighted by atomic mass is 10.1. The molecule has 1 saturated heterocycles. The average molecular weight is 357 g/mol. The van der Waals surface area contributed by atoms with E-state index in [1.807, 2.05) is 32.0 Å². The van der Waals surface area contributed by atoms with E-state index in [0.717, 1.165) is 49.8 Å². The molecule has 0 radical (unpaired) electrons. The van der Waals surface area contributed by atoms with Gasteiger partial charge in [-0.05, 0) is 49.7 Å². The predicted molar refractivity (Wildman–Crippen MR) is 98.8 cm³/mol. The van der Waals surface area contributed by atoms with Gasteiger partial charge in [0.15, 0.2) is 6.67 Å². The van der Waals surface area contributed by atoms with Crippen LogP contribution in [0.2, 0.25) is 0 Å². The van der Waals surface area contributed by atoms with Crippen molar-refractivity contribution >= 4 is 17.9 Å². The molecule has 0 atom stereocenters. The summed E-state index contributed by atoms with van der Waals surface area (Å²) in [4.78, 5) is 3.72. The lowest BCUT2D eigenvalue weighted by Gasteiger charge is -2.34. The minimum absolute atomic E-state index is 0.203. The number of hydrogen-bond donors (Lipinski definition) is 1. The van der Waals surface area contributed by atoms with Crippen LogP contribution in [0.25, 0.3) is 0 Å². The molecule has 2 heterocycles. The summed E-state index contributed by atoms with van der Waals surface area (Å²) in [6.07, 6.45) is 0. The fourth-order valence-electron chi connectivity index (χ4n) is 3.37. The van der Waals surface area contributed by atoms with Crippen molar-refractivity contribution in [3.8, 4) is 6.07 Å². The van der Waals surface area contributed by atoms with Crippen LogP contribution in [0.3, 0.4) is 0 Å². The van der Waals surface area contributed by atoms with Crippen molar-refractivity contribution in [1.82, 2.24) is 4.57 Å². The first-order valence-corrected chi connectivity index (χ1v) is 8.85. The minimum atomic E-state index is -0.203. The molecule has 0 unspecified atom stereocenters. The van der Waals surface area contributed by atoms with E-state index >= 15 is 0 Å². The molecular formula is C19H22FN4S+. The van der Waals surface area contributed by atoms with Gasteiger partial charge in [0.2, 0.25) is 0 Å². The minimum Gasteiger partial charge on any atom is -0.360 e. The molecule has 1 aromatic carbocycles. The number of aromatic nitrogens is 1. The largest absolute Gasteiger partial charge is 0.360 e. The highest BCUT2D eigenvalue weighted by Gasteiger charge is 2.21. The van der Waals surface area contributed by atoms with Gasteiger partial charge in [-0.1, -0.05) is 12.2 Å². The maximum Gasteiger partial charge on any atom is 0.157 e. The van der Waals surface area contributed by atoms with Gasteiger partial charge in [0, 0.05) is 11.4 Å². The van der Waals surface area contributed by atoms with Crippen LogP contribution in [0, 0.1) is 35.6 Å². The van der Waals surface area contributed by atoms with Crippen LogP contribution in [0.5, 0.6) is 0 Å². The van der Waals surface area contributed by atoms with Gasteiger partial charge in [-0.25, -0.2) is 4.39 Å². The molecule has 0 amide bonds. The van der Waals surface area contributed by atoms with Crippen LogP contribution >= 0.6 is 12.2 Å². The second-order valence-electron chi connectivity index (χ2n) is 6.56. The summed E-state index contributed by atoms with van der Waals surface area (Å²) in [5, 5.41) is 9.33. The standard InChI is InChI=1S/C19H21FN4S/c1-14-11-15(2)24(19(25)18(14)12-21)13-22-7-9-23(10-8-22)17-5-3-16(20)4-6-17/h3-6,11H,7-10,13H2,1-2H3/p+1. The molecule has 4 nitrogen and oxygen atoms in total. The number of aryl methyl sites for hydroxylation is 2. The number of nitrogens with zero attached hydrogens (tertiary/aromatic N) is 3. The van der Waals surface area contributed by atoms with E-state index in [1.54, 1.807) is 0 Å². The monoisotopic (exact) mass is 357 g/mol. The average Bonchev–Trinajstić information content (AvgIpc) is 2.60. The Morgan fingerprint density at radius 2 is 1.84 bits per heavy atom. The molecule has 1 aromatic heterocycles. The number of hydrogen-bond acceptors (Lipinski definition) is 3. The molecule has 1 fully saturated rings. The van der Waals surface area contributed by atoms with E-state index in [0.29, 0.717) is 10.2 Å². The summed E-state index contributed by atoms with van der Waals surface area (Å²) >= 11 is 5.53. The van der Waals surface area contributed by atoms with Crippen LogP contribution in [0.4, 0.5) is 10.1 Å². The molecule has 0 saturated carbocycles. The molecule has 2 aromatic rings. The third-order valence-corrected chi connectivity index (χ3v) is 5.28. The van der Waals surface area contributed by atoms with Crippen molar-refractivity contribution in [1.29, 1.82) is 5.26 Å². The summed E-state index contributed by atoms with van der Waals surface area (Å²) in [6.45, 7) is 8.55. The third kappa shape index (κ3) is 3.73. The molecule has 25 heavy (non-hydrogen) atoms. The quantitative estimate of drug-likeness (QED) is 0.856. The number of nitrogens with one attached hydrogen (secondary N) is 1. The lowest BCUT2D eigenvalue weighted by molar-refractivity contribution is -0.923. The Kier molecular flexibility index (Phi) is 5.16. The number of piperazine rings is 1. The van der Waals surface area contributed by atoms with Crippen LogP contribution in [-0.2, 0) is 6.67 Å². The van der Waals surface area contributed by atoms with E-state index in [-0.39, 0.29) is 5.82 Å². The molecule has 6 heteroatoms. The number of rotatable bonds is 3. The Morgan fingerprint density at radius 3 is 2.44 bits per heavy atom. The maximum atomic E-state index is 13.1. The van der Waals surface area contributed by atoms with E-state index in [9.17, 15) is 9.65 Å². The van der Waals surface area contributed by atoms with Gasteiger partial charge in [0.1, 0.15) is 16.5 Å². The van der Waals surface area contributed by atoms with Gasteiger partial charge in [-0.2, -0.15) is 5.26 Å². The Hall–Kier alpha value is -2.23. The SMILES string of the molecule is Cc1cc(C)n(C[NH+]2CCN(c3ccc(F)cc3)CC2)c(=S)c1C#N. The zero-order chi connectivity index (χ0) is 18.0. The lowest BCUT2D eigenvalue weighted by Crippen LogP contribution is -3.14. The summed E-state index contributed by atoms with van der Waals surface area (Å²) < 4.78 is 15.8. The third-order valence-electron chi connectivity index (χ3n) is 4.86. The Morgan fingerprint density at radius 1 is 1.20 bits per heavy atom. The Bertz CT molecular complexity index is 859. The highest BCUT2D eigenvalue weighted by Crippen LogP contribution is 2.15. The summed E-state index contributed by atoms with van der Waals surface area (Å²) in [5.74, 6) is -0.203. The molecule has 3 rings (SSSR count). The van der Waals surface area contributed by atoms with Gasteiger partial charge >= 0.3 is 0 Å². The maximum absolute atomic E-state index is 13.1. The fourth-order valence-corrected chi connectivity index (χ4v) is 3.79. The number of benzene rings is 1. The van der Waals surface area contributed by atoms with Gasteiger partial charge in [-0.3, -0.25) is 4.57 Å². The second-order valence-corrected chi connectivity index (χ2v) is 6.95. The molecule has 0 bridgehead atoms. The first-order valence-electron chi connectivity index (χ1n) is 8.45. The number of quaternary nitrogens is 1. The van der Waals surface area contributed by atoms with Crippen molar-refractivity contribution in [2.24, 2.45) is 0 Å². The molecule has 130 valence electrons. The smallest absolute Gasteiger partial charge is 0.157 e. The predicted octanol–water partition coefficient (Wildman–Crippen LogP) is 2.21. The molecule has 1 aliphatic rings. The second kappa shape index (κ2) is 7.34. The Labute approximate surface area is 152 Å². The highest BCUT2D eigenvalue weighted by molar-refractivity contribution is 7.71. The van der Waals surface area contributed by atoms with Crippen molar-refractivity contribution in [3.63, 3.8) is 0 Å². The van der Waals surface area contributed by atoms with E-state index in [4.69, 9.17) is 12.2 Å². The van der Waals surface area contributed by atoms with Crippen molar-refractivity contribution in [3.05, 3.63) is 57.6 Å². The van der Waals surface area contributed by atoms with Crippen molar-refractivity contribution < 1.29 is 9.29 Å². The summed E-state index contributed by atoms with van der Waals surface area (Å²) in [5.41, 5.74) is 3.70. The summed E-state index contributed by atoms with van der Waals surface area (Å²) in [7, 11) is 0. The first-order chi connectivity index (χ1) is 12.0. The first kappa shape index (κ1) is 17.6. The van der Waals surface area contributed by atoms with Crippen LogP contribution in [-0.4, -0.2) is 30.7 Å². The fraction of sp³-hybridized carbons (Fsp3) is 0.368. The zero-order valence-corrected chi connectivity index (χ0v) is 15.4. The van der Waals surface area contributed by atoms with Crippen molar-refractivity contribution in [2.45, 2.75) is 20.5 Å². The summed E-state index contributed by atoms with van der Waals surface area (Å²) in [6, 6.07) is 10.9. The molecule has 0 spiro atoms. The zero-order valence-electron chi connectivity index (χ0n) is 14.6.